The van der Waals surface area contributed by atoms with E-state index in [-0.39, 0.29) is 5.54 Å². The van der Waals surface area contributed by atoms with Gasteiger partial charge in [0, 0.05) is 44.8 Å². The van der Waals surface area contributed by atoms with Crippen LogP contribution in [-0.2, 0) is 0 Å². The number of hydrogen-bond donors (Lipinski definition) is 1. The van der Waals surface area contributed by atoms with Crippen LogP contribution in [0.5, 0.6) is 0 Å². The lowest BCUT2D eigenvalue weighted by atomic mass is 9.99. The molecule has 3 fully saturated rings. The van der Waals surface area contributed by atoms with E-state index in [1.807, 2.05) is 0 Å². The van der Waals surface area contributed by atoms with Gasteiger partial charge in [0.2, 0.25) is 0 Å². The molecule has 4 heteroatoms. The molecular formula is C17H30N4. The first-order chi connectivity index (χ1) is 10.1. The second-order valence-electron chi connectivity index (χ2n) is 7.74. The molecule has 0 spiro atoms. The van der Waals surface area contributed by atoms with E-state index in [2.05, 4.69) is 35.0 Å². The molecule has 1 N–H and O–H groups in total. The van der Waals surface area contributed by atoms with Crippen molar-refractivity contribution in [2.45, 2.75) is 63.6 Å². The highest BCUT2D eigenvalue weighted by Crippen LogP contribution is 2.36. The molecule has 118 valence electrons. The van der Waals surface area contributed by atoms with Crippen molar-refractivity contribution >= 4 is 0 Å². The third-order valence-corrected chi connectivity index (χ3v) is 5.31. The van der Waals surface area contributed by atoms with Gasteiger partial charge in [-0.15, -0.1) is 0 Å². The van der Waals surface area contributed by atoms with Crippen LogP contribution in [0.15, 0.2) is 0 Å². The fourth-order valence-corrected chi connectivity index (χ4v) is 4.04. The molecule has 0 aromatic heterocycles. The molecule has 2 unspecified atom stereocenters. The van der Waals surface area contributed by atoms with Crippen LogP contribution < -0.4 is 5.32 Å². The Morgan fingerprint density at radius 2 is 1.90 bits per heavy atom. The molecule has 0 aromatic carbocycles. The molecule has 21 heavy (non-hydrogen) atoms. The van der Waals surface area contributed by atoms with Gasteiger partial charge in [0.25, 0.3) is 0 Å². The third-order valence-electron chi connectivity index (χ3n) is 5.31. The summed E-state index contributed by atoms with van der Waals surface area (Å²) in [6.07, 6.45) is 5.79. The molecule has 0 amide bonds. The Balaban J connectivity index is 1.49. The number of piperazine rings is 1. The third kappa shape index (κ3) is 3.77. The Bertz CT molecular complexity index is 390. The summed E-state index contributed by atoms with van der Waals surface area (Å²) in [5, 5.41) is 13.2. The topological polar surface area (TPSA) is 42.3 Å². The van der Waals surface area contributed by atoms with Crippen molar-refractivity contribution in [3.8, 4) is 6.07 Å². The Morgan fingerprint density at radius 1 is 1.19 bits per heavy atom. The summed E-state index contributed by atoms with van der Waals surface area (Å²) in [4.78, 5) is 5.24. The summed E-state index contributed by atoms with van der Waals surface area (Å²) < 4.78 is 0. The Morgan fingerprint density at radius 3 is 2.48 bits per heavy atom. The predicted octanol–water partition coefficient (Wildman–Crippen LogP) is 1.83. The van der Waals surface area contributed by atoms with Gasteiger partial charge >= 0.3 is 0 Å². The van der Waals surface area contributed by atoms with Crippen molar-refractivity contribution in [1.82, 2.24) is 15.1 Å². The molecule has 2 atom stereocenters. The van der Waals surface area contributed by atoms with Crippen LogP contribution in [0.4, 0.5) is 0 Å². The van der Waals surface area contributed by atoms with Gasteiger partial charge in [0.1, 0.15) is 5.54 Å². The van der Waals surface area contributed by atoms with Crippen LogP contribution in [0.1, 0.15) is 46.0 Å². The van der Waals surface area contributed by atoms with Crippen molar-refractivity contribution in [2.75, 3.05) is 32.7 Å². The molecule has 2 saturated carbocycles. The molecule has 3 rings (SSSR count). The molecule has 2 aliphatic carbocycles. The average Bonchev–Trinajstić information content (AvgIpc) is 3.17. The van der Waals surface area contributed by atoms with Crippen LogP contribution >= 0.6 is 0 Å². The van der Waals surface area contributed by atoms with E-state index in [0.717, 1.165) is 18.8 Å². The van der Waals surface area contributed by atoms with Crippen molar-refractivity contribution in [3.05, 3.63) is 0 Å². The molecule has 0 radical (unpaired) electrons. The first-order valence-electron chi connectivity index (χ1n) is 8.75. The van der Waals surface area contributed by atoms with Crippen LogP contribution in [0.25, 0.3) is 0 Å². The van der Waals surface area contributed by atoms with Crippen molar-refractivity contribution < 1.29 is 0 Å². The molecule has 3 aliphatic rings. The first kappa shape index (κ1) is 15.3. The maximum absolute atomic E-state index is 9.61. The molecular weight excluding hydrogens is 260 g/mol. The summed E-state index contributed by atoms with van der Waals surface area (Å²) in [7, 11) is 0. The highest BCUT2D eigenvalue weighted by Gasteiger charge is 2.44. The zero-order valence-electron chi connectivity index (χ0n) is 13.6. The van der Waals surface area contributed by atoms with E-state index >= 15 is 0 Å². The van der Waals surface area contributed by atoms with Crippen molar-refractivity contribution in [2.24, 2.45) is 5.92 Å². The minimum atomic E-state index is -0.221. The van der Waals surface area contributed by atoms with Crippen LogP contribution in [0.2, 0.25) is 0 Å². The maximum atomic E-state index is 9.61. The molecule has 1 aliphatic heterocycles. The van der Waals surface area contributed by atoms with Crippen molar-refractivity contribution in [3.63, 3.8) is 0 Å². The smallest absolute Gasteiger partial charge is 0.108 e. The number of nitrogens with zero attached hydrogens (tertiary/aromatic N) is 3. The maximum Gasteiger partial charge on any atom is 0.108 e. The number of rotatable bonds is 5. The van der Waals surface area contributed by atoms with Gasteiger partial charge in [-0.1, -0.05) is 13.8 Å². The van der Waals surface area contributed by atoms with Gasteiger partial charge in [-0.05, 0) is 38.0 Å². The lowest BCUT2D eigenvalue weighted by Gasteiger charge is -2.39. The van der Waals surface area contributed by atoms with Gasteiger partial charge in [0.05, 0.1) is 6.07 Å². The van der Waals surface area contributed by atoms with E-state index in [4.69, 9.17) is 0 Å². The second-order valence-corrected chi connectivity index (χ2v) is 7.74. The second kappa shape index (κ2) is 6.24. The standard InChI is InChI=1S/C17H30N4/c1-14(2)12-20-7-9-21(10-8-20)16-5-6-17(11-16,13-18)19-15-3-4-15/h14-16,19H,3-12H2,1-2H3. The fourth-order valence-electron chi connectivity index (χ4n) is 4.04. The molecule has 0 bridgehead atoms. The minimum Gasteiger partial charge on any atom is -0.301 e. The Kier molecular flexibility index (Phi) is 4.54. The zero-order chi connectivity index (χ0) is 14.9. The summed E-state index contributed by atoms with van der Waals surface area (Å²) in [5.74, 6) is 0.761. The summed E-state index contributed by atoms with van der Waals surface area (Å²) in [5.41, 5.74) is -0.221. The lowest BCUT2D eigenvalue weighted by molar-refractivity contribution is 0.0887. The lowest BCUT2D eigenvalue weighted by Crippen LogP contribution is -2.51. The van der Waals surface area contributed by atoms with Crippen LogP contribution in [0, 0.1) is 17.2 Å². The average molecular weight is 290 g/mol. The van der Waals surface area contributed by atoms with E-state index < -0.39 is 0 Å². The molecule has 4 nitrogen and oxygen atoms in total. The normalized spacial score (nSPS) is 35.2. The predicted molar refractivity (Wildman–Crippen MR) is 85.0 cm³/mol. The largest absolute Gasteiger partial charge is 0.301 e. The summed E-state index contributed by atoms with van der Waals surface area (Å²) in [6.45, 7) is 10.6. The molecule has 1 saturated heterocycles. The quantitative estimate of drug-likeness (QED) is 0.839. The van der Waals surface area contributed by atoms with Crippen LogP contribution in [-0.4, -0.2) is 60.1 Å². The van der Waals surface area contributed by atoms with E-state index in [1.54, 1.807) is 0 Å². The fraction of sp³-hybridized carbons (Fsp3) is 0.941. The van der Waals surface area contributed by atoms with Gasteiger partial charge < -0.3 is 4.90 Å². The summed E-state index contributed by atoms with van der Waals surface area (Å²) in [6, 6.07) is 3.86. The Labute approximate surface area is 129 Å². The number of nitriles is 1. The van der Waals surface area contributed by atoms with E-state index in [1.165, 1.54) is 52.0 Å². The van der Waals surface area contributed by atoms with Gasteiger partial charge in [-0.2, -0.15) is 5.26 Å². The number of nitrogens with one attached hydrogen (secondary N) is 1. The van der Waals surface area contributed by atoms with Crippen LogP contribution in [0.3, 0.4) is 0 Å². The SMILES string of the molecule is CC(C)CN1CCN(C2CCC(C#N)(NC3CC3)C2)CC1. The Hall–Kier alpha value is -0.630. The first-order valence-corrected chi connectivity index (χ1v) is 8.75. The van der Waals surface area contributed by atoms with E-state index in [9.17, 15) is 5.26 Å². The molecule has 1 heterocycles. The van der Waals surface area contributed by atoms with Gasteiger partial charge in [0.15, 0.2) is 0 Å². The zero-order valence-corrected chi connectivity index (χ0v) is 13.6. The van der Waals surface area contributed by atoms with Gasteiger partial charge in [-0.25, -0.2) is 0 Å². The summed E-state index contributed by atoms with van der Waals surface area (Å²) >= 11 is 0. The number of hydrogen-bond acceptors (Lipinski definition) is 4. The minimum absolute atomic E-state index is 0.221. The molecule has 0 aromatic rings. The van der Waals surface area contributed by atoms with Crippen molar-refractivity contribution in [1.29, 1.82) is 5.26 Å². The highest BCUT2D eigenvalue weighted by molar-refractivity contribution is 5.15. The highest BCUT2D eigenvalue weighted by atomic mass is 15.3. The van der Waals surface area contributed by atoms with Gasteiger partial charge in [-0.3, -0.25) is 10.2 Å². The monoisotopic (exact) mass is 290 g/mol. The van der Waals surface area contributed by atoms with E-state index in [0.29, 0.717) is 12.1 Å².